The molecule has 0 bridgehead atoms. The van der Waals surface area contributed by atoms with Crippen LogP contribution in [0, 0.1) is 17.8 Å². The van der Waals surface area contributed by atoms with E-state index in [1.165, 1.54) is 0 Å². The molecule has 0 aliphatic heterocycles. The first-order valence-corrected chi connectivity index (χ1v) is 7.95. The van der Waals surface area contributed by atoms with E-state index >= 15 is 0 Å². The lowest BCUT2D eigenvalue weighted by Crippen LogP contribution is -2.55. The van der Waals surface area contributed by atoms with Gasteiger partial charge in [-0.15, -0.1) is 0 Å². The number of carboxylic acid groups (broad SMARTS) is 1. The van der Waals surface area contributed by atoms with Crippen LogP contribution in [0.5, 0.6) is 0 Å². The average molecular weight is 283 g/mol. The zero-order chi connectivity index (χ0) is 14.8. The van der Waals surface area contributed by atoms with E-state index in [9.17, 15) is 15.0 Å². The highest BCUT2D eigenvalue weighted by Crippen LogP contribution is 2.47. The second kappa shape index (κ2) is 6.44. The summed E-state index contributed by atoms with van der Waals surface area (Å²) in [6, 6.07) is 0. The Labute approximate surface area is 121 Å². The molecule has 116 valence electrons. The van der Waals surface area contributed by atoms with E-state index in [0.717, 1.165) is 44.9 Å². The van der Waals surface area contributed by atoms with E-state index in [0.29, 0.717) is 18.4 Å². The summed E-state index contributed by atoms with van der Waals surface area (Å²) in [5.41, 5.74) is -1.08. The molecule has 0 radical (unpaired) electrons. The van der Waals surface area contributed by atoms with Crippen molar-refractivity contribution >= 4 is 5.97 Å². The zero-order valence-electron chi connectivity index (χ0n) is 12.6. The van der Waals surface area contributed by atoms with Crippen LogP contribution in [0.2, 0.25) is 0 Å². The monoisotopic (exact) mass is 283 g/mol. The maximum Gasteiger partial charge on any atom is 0.0755 e. The molecule has 0 spiro atoms. The van der Waals surface area contributed by atoms with Crippen LogP contribution >= 0.6 is 0 Å². The summed E-state index contributed by atoms with van der Waals surface area (Å²) in [6.07, 6.45) is 7.99. The molecule has 0 aromatic heterocycles. The van der Waals surface area contributed by atoms with Gasteiger partial charge < -0.3 is 19.7 Å². The van der Waals surface area contributed by atoms with E-state index in [1.807, 2.05) is 0 Å². The van der Waals surface area contributed by atoms with Crippen molar-refractivity contribution in [2.75, 3.05) is 7.11 Å². The number of carbonyl (C=O) groups excluding carboxylic acids is 1. The summed E-state index contributed by atoms with van der Waals surface area (Å²) in [7, 11) is 1.75. The van der Waals surface area contributed by atoms with Gasteiger partial charge in [0.2, 0.25) is 0 Å². The van der Waals surface area contributed by atoms with Crippen molar-refractivity contribution < 1.29 is 19.7 Å². The molecule has 4 nitrogen and oxygen atoms in total. The van der Waals surface area contributed by atoms with Crippen LogP contribution in [-0.2, 0) is 9.53 Å². The highest BCUT2D eigenvalue weighted by atomic mass is 16.5. The van der Waals surface area contributed by atoms with Gasteiger partial charge in [0.05, 0.1) is 11.7 Å². The predicted octanol–water partition coefficient (Wildman–Crippen LogP) is 1.50. The third kappa shape index (κ3) is 3.01. The van der Waals surface area contributed by atoms with Crippen molar-refractivity contribution in [3.05, 3.63) is 0 Å². The van der Waals surface area contributed by atoms with Gasteiger partial charge in [-0.3, -0.25) is 0 Å². The molecule has 2 aliphatic carbocycles. The molecule has 1 N–H and O–H groups in total. The average Bonchev–Trinajstić information content (AvgIpc) is 2.47. The number of methoxy groups -OCH3 is 1. The second-order valence-electron chi connectivity index (χ2n) is 6.66. The largest absolute Gasteiger partial charge is 0.550 e. The van der Waals surface area contributed by atoms with Crippen LogP contribution in [0.4, 0.5) is 0 Å². The van der Waals surface area contributed by atoms with Crippen LogP contribution in [0.1, 0.15) is 58.3 Å². The Hall–Kier alpha value is -0.610. The number of aliphatic hydroxyl groups is 1. The predicted molar refractivity (Wildman–Crippen MR) is 73.8 cm³/mol. The molecule has 0 aromatic rings. The van der Waals surface area contributed by atoms with Gasteiger partial charge >= 0.3 is 0 Å². The van der Waals surface area contributed by atoms with Crippen molar-refractivity contribution in [2.24, 2.45) is 17.8 Å². The highest BCUT2D eigenvalue weighted by Gasteiger charge is 2.47. The van der Waals surface area contributed by atoms with Gasteiger partial charge in [0, 0.05) is 19.0 Å². The molecule has 2 aliphatic rings. The maximum absolute atomic E-state index is 11.2. The van der Waals surface area contributed by atoms with Crippen molar-refractivity contribution in [1.82, 2.24) is 0 Å². The molecule has 2 rings (SSSR count). The number of aliphatic carboxylic acids is 1. The number of carbonyl (C=O) groups is 1. The number of ether oxygens (including phenoxy) is 1. The molecule has 2 fully saturated rings. The minimum absolute atomic E-state index is 0.0990. The van der Waals surface area contributed by atoms with E-state index in [1.54, 1.807) is 14.0 Å². The summed E-state index contributed by atoms with van der Waals surface area (Å²) in [5, 5.41) is 22.2. The number of rotatable bonds is 4. The third-order valence-corrected chi connectivity index (χ3v) is 5.71. The van der Waals surface area contributed by atoms with Gasteiger partial charge in [0.15, 0.2) is 0 Å². The fourth-order valence-corrected chi connectivity index (χ4v) is 4.32. The molecule has 0 heterocycles. The molecular weight excluding hydrogens is 256 g/mol. The highest BCUT2D eigenvalue weighted by molar-refractivity contribution is 5.68. The SMILES string of the molecule is COC1CCC(C2CCCCC2(O)C(C)C(=O)[O-])CC1. The van der Waals surface area contributed by atoms with Gasteiger partial charge in [-0.2, -0.15) is 0 Å². The lowest BCUT2D eigenvalue weighted by molar-refractivity contribution is -0.319. The Morgan fingerprint density at radius 2 is 1.90 bits per heavy atom. The number of hydrogen-bond donors (Lipinski definition) is 1. The third-order valence-electron chi connectivity index (χ3n) is 5.71. The lowest BCUT2D eigenvalue weighted by atomic mass is 9.61. The minimum atomic E-state index is -1.12. The summed E-state index contributed by atoms with van der Waals surface area (Å²) in [4.78, 5) is 11.2. The lowest BCUT2D eigenvalue weighted by Gasteiger charge is -2.49. The topological polar surface area (TPSA) is 69.6 Å². The molecule has 0 aromatic carbocycles. The van der Waals surface area contributed by atoms with Crippen LogP contribution in [0.25, 0.3) is 0 Å². The van der Waals surface area contributed by atoms with Gasteiger partial charge in [0.1, 0.15) is 0 Å². The molecule has 4 heteroatoms. The number of carboxylic acids is 1. The number of hydrogen-bond acceptors (Lipinski definition) is 4. The minimum Gasteiger partial charge on any atom is -0.550 e. The summed E-state index contributed by atoms with van der Waals surface area (Å²) in [5.74, 6) is -1.38. The first kappa shape index (κ1) is 15.8. The molecule has 0 amide bonds. The molecule has 0 saturated heterocycles. The Morgan fingerprint density at radius 3 is 2.45 bits per heavy atom. The van der Waals surface area contributed by atoms with Crippen molar-refractivity contribution in [3.8, 4) is 0 Å². The Balaban J connectivity index is 2.09. The standard InChI is InChI=1S/C16H28O4/c1-11(15(17)18)16(19)10-4-3-5-14(16)12-6-8-13(20-2)9-7-12/h11-14,19H,3-10H2,1-2H3,(H,17,18)/p-1. The van der Waals surface area contributed by atoms with Crippen LogP contribution < -0.4 is 5.11 Å². The van der Waals surface area contributed by atoms with Gasteiger partial charge in [-0.05, 0) is 50.4 Å². The Bertz CT molecular complexity index is 335. The van der Waals surface area contributed by atoms with Crippen molar-refractivity contribution in [2.45, 2.75) is 70.0 Å². The van der Waals surface area contributed by atoms with Crippen molar-refractivity contribution in [1.29, 1.82) is 0 Å². The summed E-state index contributed by atoms with van der Waals surface area (Å²) >= 11 is 0. The van der Waals surface area contributed by atoms with Crippen molar-refractivity contribution in [3.63, 3.8) is 0 Å². The molecular formula is C16H27O4-. The summed E-state index contributed by atoms with van der Waals surface area (Å²) < 4.78 is 5.40. The quantitative estimate of drug-likeness (QED) is 0.849. The summed E-state index contributed by atoms with van der Waals surface area (Å²) in [6.45, 7) is 1.61. The van der Waals surface area contributed by atoms with Gasteiger partial charge in [-0.25, -0.2) is 0 Å². The Kier molecular flexibility index (Phi) is 5.08. The normalized spacial score (nSPS) is 40.2. The second-order valence-corrected chi connectivity index (χ2v) is 6.66. The van der Waals surface area contributed by atoms with Crippen LogP contribution in [0.3, 0.4) is 0 Å². The first-order valence-electron chi connectivity index (χ1n) is 7.95. The molecule has 20 heavy (non-hydrogen) atoms. The van der Waals surface area contributed by atoms with E-state index in [-0.39, 0.29) is 5.92 Å². The maximum atomic E-state index is 11.2. The molecule has 3 unspecified atom stereocenters. The smallest absolute Gasteiger partial charge is 0.0755 e. The zero-order valence-corrected chi connectivity index (χ0v) is 12.6. The van der Waals surface area contributed by atoms with E-state index in [2.05, 4.69) is 0 Å². The Morgan fingerprint density at radius 1 is 1.25 bits per heavy atom. The fourth-order valence-electron chi connectivity index (χ4n) is 4.32. The molecule has 2 saturated carbocycles. The van der Waals surface area contributed by atoms with Gasteiger partial charge in [0.25, 0.3) is 0 Å². The fraction of sp³-hybridized carbons (Fsp3) is 0.938. The molecule has 3 atom stereocenters. The van der Waals surface area contributed by atoms with E-state index < -0.39 is 17.5 Å². The van der Waals surface area contributed by atoms with Gasteiger partial charge in [-0.1, -0.05) is 19.8 Å². The van der Waals surface area contributed by atoms with E-state index in [4.69, 9.17) is 4.74 Å². The van der Waals surface area contributed by atoms with Crippen LogP contribution in [-0.4, -0.2) is 29.9 Å². The first-order chi connectivity index (χ1) is 9.49. The van der Waals surface area contributed by atoms with Crippen LogP contribution in [0.15, 0.2) is 0 Å².